The number of imide groups is 1. The predicted molar refractivity (Wildman–Crippen MR) is 126 cm³/mol. The number of rotatable bonds is 5. The van der Waals surface area contributed by atoms with Gasteiger partial charge in [0.1, 0.15) is 5.70 Å². The fourth-order valence-electron chi connectivity index (χ4n) is 3.92. The molecule has 3 aromatic rings. The zero-order chi connectivity index (χ0) is 22.1. The van der Waals surface area contributed by atoms with E-state index in [4.69, 9.17) is 0 Å². The van der Waals surface area contributed by atoms with Gasteiger partial charge in [0.15, 0.2) is 0 Å². The second-order valence-corrected chi connectivity index (χ2v) is 8.08. The second-order valence-electron chi connectivity index (χ2n) is 8.08. The second kappa shape index (κ2) is 8.23. The summed E-state index contributed by atoms with van der Waals surface area (Å²) >= 11 is 0. The third-order valence-electron chi connectivity index (χ3n) is 5.52. The largest absolute Gasteiger partial charge is 0.350 e. The molecule has 0 saturated heterocycles. The van der Waals surface area contributed by atoms with Gasteiger partial charge < -0.3 is 5.32 Å². The maximum absolute atomic E-state index is 13.5. The van der Waals surface area contributed by atoms with Gasteiger partial charge in [-0.05, 0) is 73.7 Å². The van der Waals surface area contributed by atoms with Crippen molar-refractivity contribution < 1.29 is 9.59 Å². The van der Waals surface area contributed by atoms with Gasteiger partial charge in [-0.25, -0.2) is 4.90 Å². The van der Waals surface area contributed by atoms with Crippen LogP contribution in [0.15, 0.2) is 72.4 Å². The average Bonchev–Trinajstić information content (AvgIpc) is 2.98. The summed E-state index contributed by atoms with van der Waals surface area (Å²) in [5.41, 5.74) is 7.11. The van der Waals surface area contributed by atoms with E-state index in [1.165, 1.54) is 10.5 Å². The Morgan fingerprint density at radius 1 is 0.742 bits per heavy atom. The van der Waals surface area contributed by atoms with Crippen molar-refractivity contribution in [2.24, 2.45) is 0 Å². The lowest BCUT2D eigenvalue weighted by molar-refractivity contribution is -0.120. The molecule has 0 fully saturated rings. The number of nitrogens with one attached hydrogen (secondary N) is 1. The van der Waals surface area contributed by atoms with Crippen LogP contribution in [0.2, 0.25) is 0 Å². The van der Waals surface area contributed by atoms with Crippen molar-refractivity contribution in [1.82, 2.24) is 0 Å². The summed E-state index contributed by atoms with van der Waals surface area (Å²) in [5.74, 6) is -0.656. The number of hydrogen-bond donors (Lipinski definition) is 1. The van der Waals surface area contributed by atoms with Crippen LogP contribution in [0.5, 0.6) is 0 Å². The van der Waals surface area contributed by atoms with Gasteiger partial charge >= 0.3 is 0 Å². The van der Waals surface area contributed by atoms with Gasteiger partial charge in [0.25, 0.3) is 11.8 Å². The van der Waals surface area contributed by atoms with Crippen LogP contribution in [0.25, 0.3) is 5.57 Å². The van der Waals surface area contributed by atoms with Gasteiger partial charge in [-0.3, -0.25) is 9.59 Å². The number of benzene rings is 3. The molecule has 3 aromatic carbocycles. The normalized spacial score (nSPS) is 13.9. The summed E-state index contributed by atoms with van der Waals surface area (Å²) in [6, 6.07) is 21.4. The summed E-state index contributed by atoms with van der Waals surface area (Å²) in [6.07, 6.45) is 0.940. The fraction of sp³-hybridized carbons (Fsp3) is 0.185. The highest BCUT2D eigenvalue weighted by Gasteiger charge is 2.40. The minimum absolute atomic E-state index is 0.303. The smallest absolute Gasteiger partial charge is 0.282 e. The molecular weight excluding hydrogens is 384 g/mol. The van der Waals surface area contributed by atoms with Crippen LogP contribution < -0.4 is 10.2 Å². The molecule has 4 nitrogen and oxygen atoms in total. The van der Waals surface area contributed by atoms with Gasteiger partial charge in [-0.1, -0.05) is 55.0 Å². The predicted octanol–water partition coefficient (Wildman–Crippen LogP) is 5.57. The number of nitrogens with zero attached hydrogens (tertiary/aromatic N) is 1. The monoisotopic (exact) mass is 410 g/mol. The molecular formula is C27H26N2O2. The number of anilines is 2. The summed E-state index contributed by atoms with van der Waals surface area (Å²) in [6.45, 7) is 8.02. The maximum Gasteiger partial charge on any atom is 0.282 e. The van der Waals surface area contributed by atoms with E-state index < -0.39 is 0 Å². The molecule has 156 valence electrons. The molecule has 0 spiro atoms. The minimum Gasteiger partial charge on any atom is -0.350 e. The Kier molecular flexibility index (Phi) is 5.47. The van der Waals surface area contributed by atoms with Crippen LogP contribution in [-0.2, 0) is 16.0 Å². The molecule has 1 aliphatic heterocycles. The molecule has 1 N–H and O–H groups in total. The molecule has 0 aromatic heterocycles. The van der Waals surface area contributed by atoms with Crippen molar-refractivity contribution in [2.75, 3.05) is 10.2 Å². The van der Waals surface area contributed by atoms with E-state index in [2.05, 4.69) is 12.2 Å². The Labute approximate surface area is 183 Å². The first-order chi connectivity index (χ1) is 14.9. The van der Waals surface area contributed by atoms with E-state index in [1.54, 1.807) is 0 Å². The summed E-state index contributed by atoms with van der Waals surface area (Å²) < 4.78 is 0. The first kappa shape index (κ1) is 20.6. The van der Waals surface area contributed by atoms with E-state index in [1.807, 2.05) is 87.5 Å². The van der Waals surface area contributed by atoms with E-state index in [-0.39, 0.29) is 11.8 Å². The topological polar surface area (TPSA) is 49.4 Å². The third kappa shape index (κ3) is 4.02. The molecule has 0 unspecified atom stereocenters. The van der Waals surface area contributed by atoms with Crippen LogP contribution in [-0.4, -0.2) is 11.8 Å². The first-order valence-corrected chi connectivity index (χ1v) is 10.5. The number of carbonyl (C=O) groups excluding carboxylic acids is 2. The zero-order valence-corrected chi connectivity index (χ0v) is 18.3. The van der Waals surface area contributed by atoms with Gasteiger partial charge in [0.05, 0.1) is 11.3 Å². The molecule has 0 saturated carbocycles. The van der Waals surface area contributed by atoms with Crippen LogP contribution in [0, 0.1) is 20.8 Å². The first-order valence-electron chi connectivity index (χ1n) is 10.5. The maximum atomic E-state index is 13.5. The Morgan fingerprint density at radius 2 is 1.35 bits per heavy atom. The summed E-state index contributed by atoms with van der Waals surface area (Å²) in [7, 11) is 0. The molecule has 2 amide bonds. The van der Waals surface area contributed by atoms with Gasteiger partial charge in [-0.2, -0.15) is 0 Å². The van der Waals surface area contributed by atoms with E-state index in [9.17, 15) is 9.59 Å². The Morgan fingerprint density at radius 3 is 1.94 bits per heavy atom. The Bertz CT molecular complexity index is 1170. The zero-order valence-electron chi connectivity index (χ0n) is 18.3. The molecule has 0 radical (unpaired) electrons. The Hall–Kier alpha value is -3.66. The van der Waals surface area contributed by atoms with Crippen molar-refractivity contribution >= 4 is 28.8 Å². The van der Waals surface area contributed by atoms with Crippen LogP contribution >= 0.6 is 0 Å². The number of hydrogen-bond acceptors (Lipinski definition) is 3. The number of aryl methyl sites for hydroxylation is 4. The highest BCUT2D eigenvalue weighted by atomic mass is 16.2. The van der Waals surface area contributed by atoms with Crippen LogP contribution in [0.1, 0.15) is 34.7 Å². The van der Waals surface area contributed by atoms with Crippen molar-refractivity contribution in [1.29, 1.82) is 0 Å². The standard InChI is InChI=1S/C27H26N2O2/c1-5-20-8-12-22(13-9-20)28-25-24(21-10-6-17(2)7-11-21)26(30)29(27(25)31)23-15-18(3)14-19(4)16-23/h6-16,28H,5H2,1-4H3. The van der Waals surface area contributed by atoms with E-state index in [0.29, 0.717) is 17.0 Å². The SMILES string of the molecule is CCc1ccc(NC2=C(c3ccc(C)cc3)C(=O)N(c3cc(C)cc(C)c3)C2=O)cc1. The number of amides is 2. The molecule has 31 heavy (non-hydrogen) atoms. The third-order valence-corrected chi connectivity index (χ3v) is 5.52. The fourth-order valence-corrected chi connectivity index (χ4v) is 3.92. The van der Waals surface area contributed by atoms with Crippen molar-refractivity contribution in [2.45, 2.75) is 34.1 Å². The number of carbonyl (C=O) groups is 2. The van der Waals surface area contributed by atoms with Crippen molar-refractivity contribution in [3.05, 3.63) is 100 Å². The van der Waals surface area contributed by atoms with Crippen molar-refractivity contribution in [3.63, 3.8) is 0 Å². The summed E-state index contributed by atoms with van der Waals surface area (Å²) in [4.78, 5) is 28.3. The van der Waals surface area contributed by atoms with Gasteiger partial charge in [-0.15, -0.1) is 0 Å². The summed E-state index contributed by atoms with van der Waals surface area (Å²) in [5, 5.41) is 3.23. The van der Waals surface area contributed by atoms with Crippen LogP contribution in [0.4, 0.5) is 11.4 Å². The van der Waals surface area contributed by atoms with Crippen LogP contribution in [0.3, 0.4) is 0 Å². The molecule has 0 bridgehead atoms. The Balaban J connectivity index is 1.81. The van der Waals surface area contributed by atoms with Gasteiger partial charge in [0.2, 0.25) is 0 Å². The molecule has 4 heteroatoms. The highest BCUT2D eigenvalue weighted by Crippen LogP contribution is 2.34. The molecule has 0 aliphatic carbocycles. The van der Waals surface area contributed by atoms with Gasteiger partial charge in [0, 0.05) is 5.69 Å². The molecule has 4 rings (SSSR count). The lowest BCUT2D eigenvalue weighted by Crippen LogP contribution is -2.32. The molecule has 1 aliphatic rings. The van der Waals surface area contributed by atoms with Crippen molar-refractivity contribution in [3.8, 4) is 0 Å². The molecule has 1 heterocycles. The van der Waals surface area contributed by atoms with E-state index in [0.717, 1.165) is 34.4 Å². The lowest BCUT2D eigenvalue weighted by Gasteiger charge is -2.17. The quantitative estimate of drug-likeness (QED) is 0.559. The average molecular weight is 411 g/mol. The lowest BCUT2D eigenvalue weighted by atomic mass is 10.0. The van der Waals surface area contributed by atoms with E-state index >= 15 is 0 Å². The minimum atomic E-state index is -0.342. The highest BCUT2D eigenvalue weighted by molar-refractivity contribution is 6.46. The molecule has 0 atom stereocenters.